The van der Waals surface area contributed by atoms with Crippen LogP contribution in [-0.4, -0.2) is 82.1 Å². The highest BCUT2D eigenvalue weighted by Crippen LogP contribution is 2.60. The normalized spacial score (nSPS) is 22.7. The lowest BCUT2D eigenvalue weighted by Crippen LogP contribution is -2.49. The summed E-state index contributed by atoms with van der Waals surface area (Å²) in [6.45, 7) is 6.23. The Morgan fingerprint density at radius 2 is 1.73 bits per heavy atom. The summed E-state index contributed by atoms with van der Waals surface area (Å²) in [5, 5.41) is 4.13. The van der Waals surface area contributed by atoms with Crippen molar-refractivity contribution >= 4 is 17.9 Å². The molecule has 33 heavy (non-hydrogen) atoms. The van der Waals surface area contributed by atoms with Crippen molar-refractivity contribution < 1.29 is 9.59 Å². The summed E-state index contributed by atoms with van der Waals surface area (Å²) < 4.78 is 1.67. The summed E-state index contributed by atoms with van der Waals surface area (Å²) in [6.07, 6.45) is 10.8. The van der Waals surface area contributed by atoms with E-state index in [0.29, 0.717) is 12.5 Å². The fraction of sp³-hybridized carbons (Fsp3) is 0.500. The molecule has 0 bridgehead atoms. The Hall–Kier alpha value is -2.93. The Balaban J connectivity index is 1.04. The quantitative estimate of drug-likeness (QED) is 0.682. The Kier molecular flexibility index (Phi) is 6.31. The second-order valence-corrected chi connectivity index (χ2v) is 9.64. The monoisotopic (exact) mass is 447 g/mol. The van der Waals surface area contributed by atoms with Crippen molar-refractivity contribution in [1.82, 2.24) is 24.5 Å². The third-order valence-electron chi connectivity index (χ3n) is 7.61. The molecular formula is C26H33N5O2. The molecule has 2 aliphatic heterocycles. The van der Waals surface area contributed by atoms with E-state index in [9.17, 15) is 9.59 Å². The molecule has 5 rings (SSSR count). The van der Waals surface area contributed by atoms with Crippen molar-refractivity contribution in [2.45, 2.75) is 25.8 Å². The fourth-order valence-corrected chi connectivity index (χ4v) is 5.36. The van der Waals surface area contributed by atoms with E-state index in [-0.39, 0.29) is 17.2 Å². The molecule has 1 spiro atoms. The van der Waals surface area contributed by atoms with E-state index in [1.54, 1.807) is 10.9 Å². The summed E-state index contributed by atoms with van der Waals surface area (Å²) in [6, 6.07) is 12.2. The molecule has 2 amide bonds. The average Bonchev–Trinajstić information content (AvgIpc) is 3.28. The van der Waals surface area contributed by atoms with Gasteiger partial charge in [-0.15, -0.1) is 0 Å². The Morgan fingerprint density at radius 1 is 0.970 bits per heavy atom. The number of piperidine rings is 1. The summed E-state index contributed by atoms with van der Waals surface area (Å²) in [7, 11) is 0. The van der Waals surface area contributed by atoms with E-state index in [2.05, 4.69) is 51.3 Å². The van der Waals surface area contributed by atoms with Gasteiger partial charge in [0.2, 0.25) is 11.8 Å². The largest absolute Gasteiger partial charge is 0.341 e. The number of hydrogen-bond donors (Lipinski definition) is 0. The summed E-state index contributed by atoms with van der Waals surface area (Å²) >= 11 is 0. The van der Waals surface area contributed by atoms with E-state index >= 15 is 0 Å². The molecule has 1 aromatic heterocycles. The molecule has 1 aliphatic carbocycles. The molecule has 1 aromatic carbocycles. The van der Waals surface area contributed by atoms with Crippen LogP contribution in [0.15, 0.2) is 54.9 Å². The molecule has 7 nitrogen and oxygen atoms in total. The zero-order valence-corrected chi connectivity index (χ0v) is 19.2. The summed E-state index contributed by atoms with van der Waals surface area (Å²) in [5.74, 6) is 0.616. The Bertz CT molecular complexity index is 971. The standard InChI is InChI=1S/C26H33N5O2/c32-24(21-31-13-5-11-27-31)29-14-9-26(10-15-29)20-23(26)25(33)30-18-16-28(17-19-30)12-4-8-22-6-2-1-3-7-22/h1-8,11,13,23H,9-10,12,14-21H2/b8-4+. The van der Waals surface area contributed by atoms with E-state index in [0.717, 1.165) is 65.1 Å². The van der Waals surface area contributed by atoms with Gasteiger partial charge in [-0.2, -0.15) is 5.10 Å². The maximum atomic E-state index is 13.2. The number of hydrogen-bond acceptors (Lipinski definition) is 4. The minimum absolute atomic E-state index is 0.120. The van der Waals surface area contributed by atoms with Crippen molar-refractivity contribution in [3.63, 3.8) is 0 Å². The third kappa shape index (κ3) is 5.03. The second-order valence-electron chi connectivity index (χ2n) is 9.64. The van der Waals surface area contributed by atoms with E-state index in [1.807, 2.05) is 23.2 Å². The molecule has 2 saturated heterocycles. The molecule has 1 saturated carbocycles. The predicted octanol–water partition coefficient (Wildman–Crippen LogP) is 2.37. The van der Waals surface area contributed by atoms with Gasteiger partial charge in [-0.25, -0.2) is 0 Å². The van der Waals surface area contributed by atoms with Crippen LogP contribution in [-0.2, 0) is 16.1 Å². The van der Waals surface area contributed by atoms with Gasteiger partial charge in [0.05, 0.1) is 0 Å². The van der Waals surface area contributed by atoms with Crippen LogP contribution in [0, 0.1) is 11.3 Å². The van der Waals surface area contributed by atoms with Gasteiger partial charge in [0.1, 0.15) is 6.54 Å². The van der Waals surface area contributed by atoms with Crippen LogP contribution in [0.5, 0.6) is 0 Å². The Morgan fingerprint density at radius 3 is 2.42 bits per heavy atom. The second kappa shape index (κ2) is 9.51. The fourth-order valence-electron chi connectivity index (χ4n) is 5.36. The lowest BCUT2D eigenvalue weighted by Gasteiger charge is -2.36. The van der Waals surface area contributed by atoms with Gasteiger partial charge in [-0.05, 0) is 36.3 Å². The maximum Gasteiger partial charge on any atom is 0.244 e. The molecule has 3 fully saturated rings. The first-order valence-corrected chi connectivity index (χ1v) is 12.1. The summed E-state index contributed by atoms with van der Waals surface area (Å²) in [4.78, 5) is 32.1. The van der Waals surface area contributed by atoms with Crippen LogP contribution in [0.1, 0.15) is 24.8 Å². The zero-order chi connectivity index (χ0) is 22.7. The highest BCUT2D eigenvalue weighted by molar-refractivity contribution is 5.83. The molecule has 7 heteroatoms. The van der Waals surface area contributed by atoms with Crippen molar-refractivity contribution in [2.75, 3.05) is 45.8 Å². The van der Waals surface area contributed by atoms with Crippen LogP contribution in [0.25, 0.3) is 6.08 Å². The first kappa shape index (κ1) is 21.9. The topological polar surface area (TPSA) is 61.7 Å². The van der Waals surface area contributed by atoms with Crippen molar-refractivity contribution in [1.29, 1.82) is 0 Å². The van der Waals surface area contributed by atoms with Crippen LogP contribution in [0.3, 0.4) is 0 Å². The highest BCUT2D eigenvalue weighted by atomic mass is 16.2. The molecule has 0 N–H and O–H groups in total. The molecule has 3 heterocycles. The van der Waals surface area contributed by atoms with Gasteiger partial charge < -0.3 is 9.80 Å². The molecule has 0 radical (unpaired) electrons. The molecule has 3 aliphatic rings. The van der Waals surface area contributed by atoms with E-state index < -0.39 is 0 Å². The zero-order valence-electron chi connectivity index (χ0n) is 19.2. The lowest BCUT2D eigenvalue weighted by molar-refractivity contribution is -0.136. The van der Waals surface area contributed by atoms with Gasteiger partial charge in [0.25, 0.3) is 0 Å². The summed E-state index contributed by atoms with van der Waals surface area (Å²) in [5.41, 5.74) is 1.36. The molecule has 2 aromatic rings. The SMILES string of the molecule is O=C(Cn1cccn1)N1CCC2(CC1)CC2C(=O)N1CCN(C/C=C/c2ccccc2)CC1. The molecule has 174 valence electrons. The number of amides is 2. The van der Waals surface area contributed by atoms with Gasteiger partial charge in [-0.3, -0.25) is 19.2 Å². The van der Waals surface area contributed by atoms with E-state index in [4.69, 9.17) is 0 Å². The van der Waals surface area contributed by atoms with Crippen molar-refractivity contribution in [3.8, 4) is 0 Å². The number of benzene rings is 1. The van der Waals surface area contributed by atoms with Gasteiger partial charge in [0.15, 0.2) is 0 Å². The molecular weight excluding hydrogens is 414 g/mol. The first-order valence-electron chi connectivity index (χ1n) is 12.1. The molecule has 1 atom stereocenters. The minimum atomic E-state index is 0.120. The number of rotatable bonds is 6. The van der Waals surface area contributed by atoms with E-state index in [1.165, 1.54) is 5.56 Å². The van der Waals surface area contributed by atoms with Gasteiger partial charge in [0, 0.05) is 64.1 Å². The Labute approximate surface area is 195 Å². The smallest absolute Gasteiger partial charge is 0.244 e. The first-order chi connectivity index (χ1) is 16.1. The maximum absolute atomic E-state index is 13.2. The minimum Gasteiger partial charge on any atom is -0.341 e. The van der Waals surface area contributed by atoms with Crippen LogP contribution in [0.2, 0.25) is 0 Å². The molecule has 1 unspecified atom stereocenters. The van der Waals surface area contributed by atoms with Gasteiger partial charge in [-0.1, -0.05) is 42.5 Å². The van der Waals surface area contributed by atoms with Crippen LogP contribution >= 0.6 is 0 Å². The number of piperazine rings is 1. The number of aromatic nitrogens is 2. The van der Waals surface area contributed by atoms with Crippen LogP contribution < -0.4 is 0 Å². The van der Waals surface area contributed by atoms with Crippen molar-refractivity contribution in [3.05, 3.63) is 60.4 Å². The highest BCUT2D eigenvalue weighted by Gasteiger charge is 2.59. The number of carbonyl (C=O) groups excluding carboxylic acids is 2. The van der Waals surface area contributed by atoms with Crippen LogP contribution in [0.4, 0.5) is 0 Å². The average molecular weight is 448 g/mol. The predicted molar refractivity (Wildman–Crippen MR) is 127 cm³/mol. The number of likely N-dealkylation sites (tertiary alicyclic amines) is 1. The van der Waals surface area contributed by atoms with Gasteiger partial charge >= 0.3 is 0 Å². The van der Waals surface area contributed by atoms with Crippen molar-refractivity contribution in [2.24, 2.45) is 11.3 Å². The number of carbonyl (C=O) groups is 2. The third-order valence-corrected chi connectivity index (χ3v) is 7.61. The lowest BCUT2D eigenvalue weighted by atomic mass is 9.90. The number of nitrogens with zero attached hydrogens (tertiary/aromatic N) is 5.